The summed E-state index contributed by atoms with van der Waals surface area (Å²) in [7, 11) is 0. The molecule has 2 saturated heterocycles. The molecular weight excluding hydrogens is 364 g/mol. The molecule has 0 bridgehead atoms. The van der Waals surface area contributed by atoms with Crippen LogP contribution in [-0.4, -0.2) is 80.4 Å². The minimum atomic E-state index is 0.821. The lowest BCUT2D eigenvalue weighted by molar-refractivity contribution is 0.0398. The van der Waals surface area contributed by atoms with Crippen LogP contribution in [0.5, 0.6) is 0 Å². The smallest absolute Gasteiger partial charge is 0.227 e. The number of rotatable bonds is 6. The lowest BCUT2D eigenvalue weighted by Gasteiger charge is -2.37. The van der Waals surface area contributed by atoms with Crippen LogP contribution >= 0.6 is 0 Å². The fraction of sp³-hybridized carbons (Fsp3) is 0.545. The standard InChI is InChI=1S/C22H32N6O/c1-18-4-3-5-20(19(18)2)27-10-12-28(13-11-27)22-24-7-6-21(25-22)23-8-9-26-14-16-29-17-15-26/h3-7H,8-17H2,1-2H3,(H,23,24,25). The summed E-state index contributed by atoms with van der Waals surface area (Å²) in [6.07, 6.45) is 1.86. The molecule has 156 valence electrons. The predicted octanol–water partition coefficient (Wildman–Crippen LogP) is 2.16. The average molecular weight is 397 g/mol. The molecule has 0 saturated carbocycles. The molecule has 0 unspecified atom stereocenters. The molecule has 2 aliphatic rings. The van der Waals surface area contributed by atoms with Gasteiger partial charge in [0.2, 0.25) is 5.95 Å². The van der Waals surface area contributed by atoms with E-state index in [1.165, 1.54) is 16.8 Å². The zero-order chi connectivity index (χ0) is 20.1. The van der Waals surface area contributed by atoms with Crippen molar-refractivity contribution in [1.29, 1.82) is 0 Å². The number of morpholine rings is 1. The van der Waals surface area contributed by atoms with Gasteiger partial charge in [-0.25, -0.2) is 4.98 Å². The summed E-state index contributed by atoms with van der Waals surface area (Å²) in [6.45, 7) is 13.8. The van der Waals surface area contributed by atoms with E-state index in [0.717, 1.165) is 77.3 Å². The first-order valence-corrected chi connectivity index (χ1v) is 10.6. The summed E-state index contributed by atoms with van der Waals surface area (Å²) in [6, 6.07) is 8.52. The van der Waals surface area contributed by atoms with Crippen LogP contribution in [0.3, 0.4) is 0 Å². The maximum absolute atomic E-state index is 5.40. The van der Waals surface area contributed by atoms with Gasteiger partial charge in [-0.3, -0.25) is 4.90 Å². The van der Waals surface area contributed by atoms with Crippen molar-refractivity contribution in [1.82, 2.24) is 14.9 Å². The third kappa shape index (κ3) is 4.97. The van der Waals surface area contributed by atoms with Crippen molar-refractivity contribution in [3.8, 4) is 0 Å². The summed E-state index contributed by atoms with van der Waals surface area (Å²) in [4.78, 5) is 16.5. The number of anilines is 3. The molecule has 1 aromatic heterocycles. The quantitative estimate of drug-likeness (QED) is 0.803. The highest BCUT2D eigenvalue weighted by Crippen LogP contribution is 2.24. The zero-order valence-corrected chi connectivity index (χ0v) is 17.6. The molecule has 3 heterocycles. The number of aryl methyl sites for hydroxylation is 1. The van der Waals surface area contributed by atoms with Crippen LogP contribution in [0.15, 0.2) is 30.5 Å². The summed E-state index contributed by atoms with van der Waals surface area (Å²) in [5, 5.41) is 3.45. The number of piperazine rings is 1. The van der Waals surface area contributed by atoms with Crippen molar-refractivity contribution < 1.29 is 4.74 Å². The molecular formula is C22H32N6O. The van der Waals surface area contributed by atoms with E-state index in [1.807, 2.05) is 12.3 Å². The Bertz CT molecular complexity index is 800. The molecule has 7 nitrogen and oxygen atoms in total. The lowest BCUT2D eigenvalue weighted by atomic mass is 10.1. The summed E-state index contributed by atoms with van der Waals surface area (Å²) in [5.41, 5.74) is 4.08. The lowest BCUT2D eigenvalue weighted by Crippen LogP contribution is -2.47. The van der Waals surface area contributed by atoms with Gasteiger partial charge >= 0.3 is 0 Å². The molecule has 0 atom stereocenters. The predicted molar refractivity (Wildman–Crippen MR) is 118 cm³/mol. The topological polar surface area (TPSA) is 56.8 Å². The maximum atomic E-state index is 5.40. The van der Waals surface area contributed by atoms with Crippen molar-refractivity contribution in [2.45, 2.75) is 13.8 Å². The van der Waals surface area contributed by atoms with Gasteiger partial charge in [0.15, 0.2) is 0 Å². The van der Waals surface area contributed by atoms with Gasteiger partial charge in [-0.15, -0.1) is 0 Å². The molecule has 0 amide bonds. The van der Waals surface area contributed by atoms with E-state index in [0.29, 0.717) is 0 Å². The second kappa shape index (κ2) is 9.41. The van der Waals surface area contributed by atoms with E-state index in [4.69, 9.17) is 9.72 Å². The van der Waals surface area contributed by atoms with Gasteiger partial charge in [0.25, 0.3) is 0 Å². The van der Waals surface area contributed by atoms with Crippen LogP contribution in [-0.2, 0) is 4.74 Å². The van der Waals surface area contributed by atoms with Gasteiger partial charge < -0.3 is 19.9 Å². The SMILES string of the molecule is Cc1cccc(N2CCN(c3nccc(NCCN4CCOCC4)n3)CC2)c1C. The van der Waals surface area contributed by atoms with E-state index in [-0.39, 0.29) is 0 Å². The number of hydrogen-bond acceptors (Lipinski definition) is 7. The van der Waals surface area contributed by atoms with Gasteiger partial charge in [0.05, 0.1) is 13.2 Å². The third-order valence-corrected chi connectivity index (χ3v) is 5.96. The second-order valence-corrected chi connectivity index (χ2v) is 7.82. The Morgan fingerprint density at radius 2 is 1.72 bits per heavy atom. The fourth-order valence-electron chi connectivity index (χ4n) is 3.99. The van der Waals surface area contributed by atoms with Gasteiger partial charge in [-0.2, -0.15) is 4.98 Å². The number of benzene rings is 1. The van der Waals surface area contributed by atoms with E-state index in [2.05, 4.69) is 57.0 Å². The molecule has 1 N–H and O–H groups in total. The molecule has 2 aliphatic heterocycles. The van der Waals surface area contributed by atoms with Crippen LogP contribution in [0.4, 0.5) is 17.5 Å². The van der Waals surface area contributed by atoms with E-state index >= 15 is 0 Å². The molecule has 2 aromatic rings. The number of ether oxygens (including phenoxy) is 1. The highest BCUT2D eigenvalue weighted by molar-refractivity contribution is 5.57. The molecule has 0 aliphatic carbocycles. The van der Waals surface area contributed by atoms with Gasteiger partial charge in [0.1, 0.15) is 5.82 Å². The number of aromatic nitrogens is 2. The Hall–Kier alpha value is -2.38. The Morgan fingerprint density at radius 1 is 0.966 bits per heavy atom. The highest BCUT2D eigenvalue weighted by atomic mass is 16.5. The highest BCUT2D eigenvalue weighted by Gasteiger charge is 2.20. The molecule has 1 aromatic carbocycles. The first-order valence-electron chi connectivity index (χ1n) is 10.6. The number of hydrogen-bond donors (Lipinski definition) is 1. The van der Waals surface area contributed by atoms with E-state index < -0.39 is 0 Å². The van der Waals surface area contributed by atoms with Crippen LogP contribution in [0.2, 0.25) is 0 Å². The Balaban J connectivity index is 1.30. The molecule has 7 heteroatoms. The van der Waals surface area contributed by atoms with E-state index in [9.17, 15) is 0 Å². The normalized spacial score (nSPS) is 18.1. The summed E-state index contributed by atoms with van der Waals surface area (Å²) in [5.74, 6) is 1.72. The zero-order valence-electron chi connectivity index (χ0n) is 17.6. The average Bonchev–Trinajstić information content (AvgIpc) is 2.77. The van der Waals surface area contributed by atoms with Crippen LogP contribution in [0.1, 0.15) is 11.1 Å². The van der Waals surface area contributed by atoms with Crippen molar-refractivity contribution in [3.63, 3.8) is 0 Å². The Morgan fingerprint density at radius 3 is 2.52 bits per heavy atom. The second-order valence-electron chi connectivity index (χ2n) is 7.82. The minimum Gasteiger partial charge on any atom is -0.379 e. The van der Waals surface area contributed by atoms with Gasteiger partial charge in [-0.05, 0) is 37.1 Å². The Labute approximate surface area is 173 Å². The summed E-state index contributed by atoms with van der Waals surface area (Å²) < 4.78 is 5.40. The fourth-order valence-corrected chi connectivity index (χ4v) is 3.99. The first-order chi connectivity index (χ1) is 14.2. The minimum absolute atomic E-state index is 0.821. The largest absolute Gasteiger partial charge is 0.379 e. The molecule has 2 fully saturated rings. The number of nitrogens with zero attached hydrogens (tertiary/aromatic N) is 5. The van der Waals surface area contributed by atoms with Crippen molar-refractivity contribution in [3.05, 3.63) is 41.6 Å². The van der Waals surface area contributed by atoms with Crippen LogP contribution < -0.4 is 15.1 Å². The molecule has 0 radical (unpaired) electrons. The van der Waals surface area contributed by atoms with E-state index in [1.54, 1.807) is 0 Å². The molecule has 29 heavy (non-hydrogen) atoms. The van der Waals surface area contributed by atoms with Crippen LogP contribution in [0, 0.1) is 13.8 Å². The van der Waals surface area contributed by atoms with Gasteiger partial charge in [-0.1, -0.05) is 12.1 Å². The van der Waals surface area contributed by atoms with Crippen molar-refractivity contribution >= 4 is 17.5 Å². The van der Waals surface area contributed by atoms with Gasteiger partial charge in [0, 0.05) is 64.2 Å². The van der Waals surface area contributed by atoms with Crippen molar-refractivity contribution in [2.24, 2.45) is 0 Å². The first kappa shape index (κ1) is 19.9. The maximum Gasteiger partial charge on any atom is 0.227 e. The summed E-state index contributed by atoms with van der Waals surface area (Å²) >= 11 is 0. The Kier molecular flexibility index (Phi) is 6.46. The van der Waals surface area contributed by atoms with Crippen molar-refractivity contribution in [2.75, 3.05) is 80.7 Å². The van der Waals surface area contributed by atoms with Crippen LogP contribution in [0.25, 0.3) is 0 Å². The number of nitrogens with one attached hydrogen (secondary N) is 1. The third-order valence-electron chi connectivity index (χ3n) is 5.96. The molecule has 0 spiro atoms. The molecule has 4 rings (SSSR count). The monoisotopic (exact) mass is 396 g/mol.